The van der Waals surface area contributed by atoms with Crippen molar-refractivity contribution in [2.45, 2.75) is 65.0 Å². The van der Waals surface area contributed by atoms with Gasteiger partial charge in [0.05, 0.1) is 12.3 Å². The minimum absolute atomic E-state index is 0.334. The first-order valence-electron chi connectivity index (χ1n) is 7.46. The zero-order valence-corrected chi connectivity index (χ0v) is 12.0. The van der Waals surface area contributed by atoms with Gasteiger partial charge in [-0.25, -0.2) is 0 Å². The Balaban J connectivity index is 1.83. The second kappa shape index (κ2) is 6.42. The van der Waals surface area contributed by atoms with Crippen LogP contribution in [0.15, 0.2) is 22.8 Å². The van der Waals surface area contributed by atoms with Gasteiger partial charge in [0, 0.05) is 6.04 Å². The Bertz CT molecular complexity index is 331. The number of rotatable bonds is 4. The van der Waals surface area contributed by atoms with Crippen LogP contribution in [0.3, 0.4) is 0 Å². The highest BCUT2D eigenvalue weighted by atomic mass is 16.3. The highest BCUT2D eigenvalue weighted by Crippen LogP contribution is 2.29. The second-order valence-corrected chi connectivity index (χ2v) is 6.11. The van der Waals surface area contributed by atoms with Gasteiger partial charge in [0.1, 0.15) is 5.76 Å². The van der Waals surface area contributed by atoms with Crippen molar-refractivity contribution in [3.05, 3.63) is 24.2 Å². The molecule has 2 nitrogen and oxygen atoms in total. The molecule has 0 aliphatic heterocycles. The summed E-state index contributed by atoms with van der Waals surface area (Å²) in [5.74, 6) is 2.82. The molecule has 1 aliphatic rings. The Hall–Kier alpha value is -0.760. The molecule has 0 saturated heterocycles. The highest BCUT2D eigenvalue weighted by Gasteiger charge is 2.22. The fourth-order valence-electron chi connectivity index (χ4n) is 3.14. The third-order valence-electron chi connectivity index (χ3n) is 4.41. The molecule has 1 saturated carbocycles. The number of nitrogens with one attached hydrogen (secondary N) is 1. The van der Waals surface area contributed by atoms with Gasteiger partial charge >= 0.3 is 0 Å². The number of hydrogen-bond acceptors (Lipinski definition) is 2. The van der Waals surface area contributed by atoms with Crippen LogP contribution in [0.25, 0.3) is 0 Å². The normalized spacial score (nSPS) is 27.1. The Kier molecular flexibility index (Phi) is 4.87. The van der Waals surface area contributed by atoms with Crippen LogP contribution in [-0.4, -0.2) is 6.04 Å². The van der Waals surface area contributed by atoms with E-state index in [0.29, 0.717) is 12.1 Å². The topological polar surface area (TPSA) is 25.2 Å². The highest BCUT2D eigenvalue weighted by molar-refractivity contribution is 5.03. The first-order chi connectivity index (χ1) is 8.66. The van der Waals surface area contributed by atoms with E-state index in [4.69, 9.17) is 4.42 Å². The molecule has 102 valence electrons. The minimum Gasteiger partial charge on any atom is -0.468 e. The molecule has 2 rings (SSSR count). The molecule has 0 spiro atoms. The van der Waals surface area contributed by atoms with Crippen molar-refractivity contribution in [3.8, 4) is 0 Å². The molecule has 0 bridgehead atoms. The van der Waals surface area contributed by atoms with Crippen LogP contribution in [0.4, 0.5) is 0 Å². The lowest BCUT2D eigenvalue weighted by atomic mass is 9.89. The third-order valence-corrected chi connectivity index (χ3v) is 4.41. The van der Waals surface area contributed by atoms with Gasteiger partial charge in [-0.2, -0.15) is 0 Å². The molecule has 1 aromatic rings. The van der Waals surface area contributed by atoms with E-state index in [0.717, 1.165) is 17.6 Å². The molecule has 0 amide bonds. The third kappa shape index (κ3) is 3.61. The molecule has 1 aliphatic carbocycles. The lowest BCUT2D eigenvalue weighted by molar-refractivity contribution is 0.330. The van der Waals surface area contributed by atoms with E-state index in [1.807, 2.05) is 6.07 Å². The molecular formula is C16H27NO. The van der Waals surface area contributed by atoms with E-state index in [1.165, 1.54) is 32.1 Å². The van der Waals surface area contributed by atoms with Crippen molar-refractivity contribution in [1.82, 2.24) is 5.32 Å². The van der Waals surface area contributed by atoms with Crippen molar-refractivity contribution in [2.75, 3.05) is 0 Å². The first-order valence-corrected chi connectivity index (χ1v) is 7.46. The van der Waals surface area contributed by atoms with Gasteiger partial charge in [0.15, 0.2) is 0 Å². The molecule has 0 radical (unpaired) electrons. The van der Waals surface area contributed by atoms with Gasteiger partial charge < -0.3 is 9.73 Å². The average Bonchev–Trinajstić information content (AvgIpc) is 2.77. The fraction of sp³-hybridized carbons (Fsp3) is 0.750. The molecule has 1 fully saturated rings. The maximum atomic E-state index is 5.46. The minimum atomic E-state index is 0.334. The molecule has 18 heavy (non-hydrogen) atoms. The van der Waals surface area contributed by atoms with Crippen molar-refractivity contribution in [1.29, 1.82) is 0 Å². The Labute approximate surface area is 111 Å². The van der Waals surface area contributed by atoms with Crippen LogP contribution in [0.2, 0.25) is 0 Å². The standard InChI is InChI=1S/C16H27NO/c1-12(2)14-6-4-7-15(10-9-14)17-13(3)16-8-5-11-18-16/h5,8,11-15,17H,4,6-7,9-10H2,1-3H3. The predicted molar refractivity (Wildman–Crippen MR) is 75.5 cm³/mol. The van der Waals surface area contributed by atoms with E-state index in [1.54, 1.807) is 6.26 Å². The van der Waals surface area contributed by atoms with Crippen LogP contribution in [-0.2, 0) is 0 Å². The maximum Gasteiger partial charge on any atom is 0.120 e. The largest absolute Gasteiger partial charge is 0.468 e. The van der Waals surface area contributed by atoms with Gasteiger partial charge in [-0.05, 0) is 50.2 Å². The summed E-state index contributed by atoms with van der Waals surface area (Å²) in [6.07, 6.45) is 8.54. The smallest absolute Gasteiger partial charge is 0.120 e. The number of furan rings is 1. The van der Waals surface area contributed by atoms with Gasteiger partial charge in [-0.3, -0.25) is 0 Å². The molecule has 2 heteroatoms. The Morgan fingerprint density at radius 1 is 1.17 bits per heavy atom. The van der Waals surface area contributed by atoms with Crippen molar-refractivity contribution >= 4 is 0 Å². The molecule has 1 N–H and O–H groups in total. The lowest BCUT2D eigenvalue weighted by Crippen LogP contribution is -2.31. The first kappa shape index (κ1) is 13.7. The summed E-state index contributed by atoms with van der Waals surface area (Å²) < 4.78 is 5.46. The zero-order valence-electron chi connectivity index (χ0n) is 12.0. The van der Waals surface area contributed by atoms with Gasteiger partial charge in [0.25, 0.3) is 0 Å². The Morgan fingerprint density at radius 3 is 2.67 bits per heavy atom. The summed E-state index contributed by atoms with van der Waals surface area (Å²) in [6.45, 7) is 6.93. The van der Waals surface area contributed by atoms with Gasteiger partial charge in [-0.15, -0.1) is 0 Å². The summed E-state index contributed by atoms with van der Waals surface area (Å²) >= 11 is 0. The molecule has 3 unspecified atom stereocenters. The summed E-state index contributed by atoms with van der Waals surface area (Å²) in [5.41, 5.74) is 0. The molecule has 0 aromatic carbocycles. The van der Waals surface area contributed by atoms with Crippen LogP contribution < -0.4 is 5.32 Å². The van der Waals surface area contributed by atoms with E-state index in [9.17, 15) is 0 Å². The number of hydrogen-bond donors (Lipinski definition) is 1. The molecular weight excluding hydrogens is 222 g/mol. The Morgan fingerprint density at radius 2 is 2.00 bits per heavy atom. The summed E-state index contributed by atoms with van der Waals surface area (Å²) in [5, 5.41) is 3.73. The van der Waals surface area contributed by atoms with Crippen LogP contribution in [0.1, 0.15) is 64.7 Å². The summed E-state index contributed by atoms with van der Waals surface area (Å²) in [7, 11) is 0. The molecule has 1 heterocycles. The summed E-state index contributed by atoms with van der Waals surface area (Å²) in [6, 6.07) is 5.02. The van der Waals surface area contributed by atoms with Crippen molar-refractivity contribution < 1.29 is 4.42 Å². The van der Waals surface area contributed by atoms with Crippen LogP contribution in [0.5, 0.6) is 0 Å². The monoisotopic (exact) mass is 249 g/mol. The van der Waals surface area contributed by atoms with E-state index in [2.05, 4.69) is 32.2 Å². The molecule has 1 aromatic heterocycles. The van der Waals surface area contributed by atoms with Gasteiger partial charge in [0.2, 0.25) is 0 Å². The summed E-state index contributed by atoms with van der Waals surface area (Å²) in [4.78, 5) is 0. The second-order valence-electron chi connectivity index (χ2n) is 6.11. The molecule has 3 atom stereocenters. The average molecular weight is 249 g/mol. The van der Waals surface area contributed by atoms with E-state index in [-0.39, 0.29) is 0 Å². The van der Waals surface area contributed by atoms with E-state index < -0.39 is 0 Å². The van der Waals surface area contributed by atoms with Crippen molar-refractivity contribution in [2.24, 2.45) is 11.8 Å². The van der Waals surface area contributed by atoms with Crippen LogP contribution in [0, 0.1) is 11.8 Å². The van der Waals surface area contributed by atoms with E-state index >= 15 is 0 Å². The maximum absolute atomic E-state index is 5.46. The lowest BCUT2D eigenvalue weighted by Gasteiger charge is -2.21. The van der Waals surface area contributed by atoms with Crippen LogP contribution >= 0.6 is 0 Å². The van der Waals surface area contributed by atoms with Gasteiger partial charge in [-0.1, -0.05) is 26.7 Å². The fourth-order valence-corrected chi connectivity index (χ4v) is 3.14. The zero-order chi connectivity index (χ0) is 13.0. The van der Waals surface area contributed by atoms with Crippen molar-refractivity contribution in [3.63, 3.8) is 0 Å². The quantitative estimate of drug-likeness (QED) is 0.793. The SMILES string of the molecule is CC(NC1CCCC(C(C)C)CC1)c1ccco1. The predicted octanol–water partition coefficient (Wildman–Crippen LogP) is 4.54.